The van der Waals surface area contributed by atoms with Gasteiger partial charge < -0.3 is 14.5 Å². The fraction of sp³-hybridized carbons (Fsp3) is 0.233. The van der Waals surface area contributed by atoms with Crippen molar-refractivity contribution in [3.63, 3.8) is 0 Å². The maximum absolute atomic E-state index is 13.1. The molecule has 2 aliphatic rings. The summed E-state index contributed by atoms with van der Waals surface area (Å²) in [6, 6.07) is 19.7. The second kappa shape index (κ2) is 10.2. The predicted octanol–water partition coefficient (Wildman–Crippen LogP) is 6.25. The lowest BCUT2D eigenvalue weighted by molar-refractivity contribution is 0.0997. The number of aromatic nitrogens is 2. The van der Waals surface area contributed by atoms with Crippen molar-refractivity contribution in [2.45, 2.75) is 19.4 Å². The van der Waals surface area contributed by atoms with Gasteiger partial charge in [-0.3, -0.25) is 14.8 Å². The van der Waals surface area contributed by atoms with Crippen LogP contribution in [-0.4, -0.2) is 35.6 Å². The van der Waals surface area contributed by atoms with E-state index in [1.165, 1.54) is 5.69 Å². The molecule has 0 saturated carbocycles. The third-order valence-electron chi connectivity index (χ3n) is 7.22. The Labute approximate surface area is 221 Å². The Balaban J connectivity index is 1.11. The topological polar surface area (TPSA) is 58.6 Å². The van der Waals surface area contributed by atoms with Gasteiger partial charge in [-0.2, -0.15) is 0 Å². The van der Waals surface area contributed by atoms with Crippen molar-refractivity contribution in [3.8, 4) is 16.9 Å². The minimum Gasteiger partial charge on any atom is -0.492 e. The van der Waals surface area contributed by atoms with Crippen molar-refractivity contribution in [1.82, 2.24) is 9.97 Å². The Bertz CT molecular complexity index is 1420. The fourth-order valence-corrected chi connectivity index (χ4v) is 5.44. The van der Waals surface area contributed by atoms with Crippen LogP contribution in [0.15, 0.2) is 85.5 Å². The van der Waals surface area contributed by atoms with Gasteiger partial charge in [0.25, 0.3) is 5.91 Å². The maximum atomic E-state index is 13.1. The Morgan fingerprint density at radius 2 is 1.70 bits per heavy atom. The lowest BCUT2D eigenvalue weighted by Gasteiger charge is -2.33. The standard InChI is InChI=1S/C30H27ClN4O2/c31-28-6-2-4-23-19-35(30(36)29(23)28)26-5-1-3-22(15-26)24-16-27(18-33-17-24)37-20-21-9-13-34(14-10-21)25-7-11-32-12-8-25/h1-8,11-12,15-18,21H,9-10,13-14,19-20H2. The predicted molar refractivity (Wildman–Crippen MR) is 146 cm³/mol. The monoisotopic (exact) mass is 510 g/mol. The Morgan fingerprint density at radius 1 is 0.892 bits per heavy atom. The van der Waals surface area contributed by atoms with E-state index < -0.39 is 0 Å². The van der Waals surface area contributed by atoms with Crippen LogP contribution in [0.1, 0.15) is 28.8 Å². The summed E-state index contributed by atoms with van der Waals surface area (Å²) in [6.07, 6.45) is 9.47. The van der Waals surface area contributed by atoms with E-state index in [4.69, 9.17) is 16.3 Å². The first-order chi connectivity index (χ1) is 18.2. The highest BCUT2D eigenvalue weighted by Crippen LogP contribution is 2.34. The third-order valence-corrected chi connectivity index (χ3v) is 7.53. The van der Waals surface area contributed by atoms with E-state index in [0.717, 1.165) is 54.1 Å². The first kappa shape index (κ1) is 23.5. The van der Waals surface area contributed by atoms with E-state index in [0.29, 0.717) is 29.7 Å². The molecule has 186 valence electrons. The van der Waals surface area contributed by atoms with Gasteiger partial charge in [0.15, 0.2) is 0 Å². The zero-order chi connectivity index (χ0) is 25.2. The highest BCUT2D eigenvalue weighted by atomic mass is 35.5. The van der Waals surface area contributed by atoms with Gasteiger partial charge >= 0.3 is 0 Å². The number of ether oxygens (including phenoxy) is 1. The van der Waals surface area contributed by atoms with Crippen LogP contribution >= 0.6 is 11.6 Å². The number of benzene rings is 2. The molecule has 0 radical (unpaired) electrons. The fourth-order valence-electron chi connectivity index (χ4n) is 5.16. The van der Waals surface area contributed by atoms with Crippen molar-refractivity contribution in [2.75, 3.05) is 29.5 Å². The summed E-state index contributed by atoms with van der Waals surface area (Å²) >= 11 is 6.31. The van der Waals surface area contributed by atoms with Crippen molar-refractivity contribution >= 4 is 28.9 Å². The van der Waals surface area contributed by atoms with Crippen LogP contribution < -0.4 is 14.5 Å². The van der Waals surface area contributed by atoms with Gasteiger partial charge in [0.2, 0.25) is 0 Å². The lowest BCUT2D eigenvalue weighted by Crippen LogP contribution is -2.35. The average molecular weight is 511 g/mol. The van der Waals surface area contributed by atoms with Crippen LogP contribution in [0.25, 0.3) is 11.1 Å². The number of carbonyl (C=O) groups is 1. The first-order valence-electron chi connectivity index (χ1n) is 12.6. The molecule has 4 heterocycles. The maximum Gasteiger partial charge on any atom is 0.260 e. The normalized spacial score (nSPS) is 15.6. The number of carbonyl (C=O) groups excluding carboxylic acids is 1. The molecule has 1 saturated heterocycles. The Kier molecular flexibility index (Phi) is 6.49. The van der Waals surface area contributed by atoms with Crippen LogP contribution in [0.3, 0.4) is 0 Å². The van der Waals surface area contributed by atoms with Crippen molar-refractivity contribution in [3.05, 3.63) is 102 Å². The van der Waals surface area contributed by atoms with Crippen LogP contribution in [-0.2, 0) is 6.54 Å². The molecule has 2 aromatic carbocycles. The van der Waals surface area contributed by atoms with Crippen LogP contribution in [0.4, 0.5) is 11.4 Å². The number of piperidine rings is 1. The molecule has 0 N–H and O–H groups in total. The summed E-state index contributed by atoms with van der Waals surface area (Å²) in [5.41, 5.74) is 5.55. The van der Waals surface area contributed by atoms with Crippen LogP contribution in [0.5, 0.6) is 5.75 Å². The summed E-state index contributed by atoms with van der Waals surface area (Å²) < 4.78 is 6.18. The third kappa shape index (κ3) is 4.89. The zero-order valence-corrected chi connectivity index (χ0v) is 21.1. The smallest absolute Gasteiger partial charge is 0.260 e. The van der Waals surface area contributed by atoms with E-state index in [-0.39, 0.29) is 5.91 Å². The Hall–Kier alpha value is -3.90. The van der Waals surface area contributed by atoms with Gasteiger partial charge in [0.1, 0.15) is 5.75 Å². The van der Waals surface area contributed by atoms with E-state index in [1.54, 1.807) is 17.2 Å². The number of hydrogen-bond donors (Lipinski definition) is 0. The van der Waals surface area contributed by atoms with Crippen molar-refractivity contribution in [2.24, 2.45) is 5.92 Å². The molecule has 37 heavy (non-hydrogen) atoms. The van der Waals surface area contributed by atoms with Gasteiger partial charge in [-0.05, 0) is 66.3 Å². The number of rotatable bonds is 6. The Morgan fingerprint density at radius 3 is 2.51 bits per heavy atom. The largest absolute Gasteiger partial charge is 0.492 e. The van der Waals surface area contributed by atoms with E-state index in [1.807, 2.05) is 61.1 Å². The average Bonchev–Trinajstić information content (AvgIpc) is 3.30. The summed E-state index contributed by atoms with van der Waals surface area (Å²) in [6.45, 7) is 3.23. The number of nitrogens with zero attached hydrogens (tertiary/aromatic N) is 4. The van der Waals surface area contributed by atoms with Crippen LogP contribution in [0, 0.1) is 5.92 Å². The van der Waals surface area contributed by atoms with Crippen LogP contribution in [0.2, 0.25) is 5.02 Å². The number of amides is 1. The summed E-state index contributed by atoms with van der Waals surface area (Å²) in [5, 5.41) is 0.498. The SMILES string of the molecule is O=C1c2c(Cl)cccc2CN1c1cccc(-c2cncc(OCC3CCN(c4ccncc4)CC3)c2)c1. The van der Waals surface area contributed by atoms with Crippen molar-refractivity contribution in [1.29, 1.82) is 0 Å². The highest BCUT2D eigenvalue weighted by molar-refractivity contribution is 6.35. The summed E-state index contributed by atoms with van der Waals surface area (Å²) in [5.74, 6) is 1.21. The molecule has 0 unspecified atom stereocenters. The number of halogens is 1. The second-order valence-corrected chi connectivity index (χ2v) is 9.98. The van der Waals surface area contributed by atoms with Gasteiger partial charge in [-0.15, -0.1) is 0 Å². The van der Waals surface area contributed by atoms with Gasteiger partial charge in [-0.25, -0.2) is 0 Å². The minimum absolute atomic E-state index is 0.0667. The summed E-state index contributed by atoms with van der Waals surface area (Å²) in [7, 11) is 0. The number of anilines is 2. The number of fused-ring (bicyclic) bond motifs is 1. The van der Waals surface area contributed by atoms with Gasteiger partial charge in [0, 0.05) is 48.6 Å². The van der Waals surface area contributed by atoms with E-state index in [9.17, 15) is 4.79 Å². The lowest BCUT2D eigenvalue weighted by atomic mass is 9.97. The molecule has 0 atom stereocenters. The minimum atomic E-state index is -0.0667. The number of pyridine rings is 2. The number of hydrogen-bond acceptors (Lipinski definition) is 5. The molecule has 7 heteroatoms. The van der Waals surface area contributed by atoms with Crippen molar-refractivity contribution < 1.29 is 9.53 Å². The summed E-state index contributed by atoms with van der Waals surface area (Å²) in [4.78, 5) is 25.8. The molecule has 1 amide bonds. The van der Waals surface area contributed by atoms with Gasteiger partial charge in [0.05, 0.1) is 29.9 Å². The molecule has 0 aliphatic carbocycles. The van der Waals surface area contributed by atoms with E-state index >= 15 is 0 Å². The molecule has 0 bridgehead atoms. The molecule has 6 rings (SSSR count). The molecule has 2 aliphatic heterocycles. The molecule has 6 nitrogen and oxygen atoms in total. The molecule has 1 fully saturated rings. The molecular formula is C30H27ClN4O2. The molecule has 0 spiro atoms. The molecule has 2 aromatic heterocycles. The second-order valence-electron chi connectivity index (χ2n) is 9.57. The van der Waals surface area contributed by atoms with E-state index in [2.05, 4.69) is 27.0 Å². The van der Waals surface area contributed by atoms with Gasteiger partial charge in [-0.1, -0.05) is 35.9 Å². The molecule has 4 aromatic rings. The molecular weight excluding hydrogens is 484 g/mol. The zero-order valence-electron chi connectivity index (χ0n) is 20.4. The first-order valence-corrected chi connectivity index (χ1v) is 13.0. The quantitative estimate of drug-likeness (QED) is 0.307. The highest BCUT2D eigenvalue weighted by Gasteiger charge is 2.30.